The molecule has 0 aliphatic carbocycles. The van der Waals surface area contributed by atoms with E-state index in [1.165, 1.54) is 18.2 Å². The number of hydrogen-bond donors (Lipinski definition) is 1. The first-order valence-corrected chi connectivity index (χ1v) is 6.18. The molecule has 84 valence electrons. The summed E-state index contributed by atoms with van der Waals surface area (Å²) < 4.78 is 31.1. The van der Waals surface area contributed by atoms with E-state index in [9.17, 15) is 8.42 Å². The predicted octanol–water partition coefficient (Wildman–Crippen LogP) is 2.18. The zero-order valence-electron chi connectivity index (χ0n) is 7.55. The molecule has 0 saturated heterocycles. The fourth-order valence-corrected chi connectivity index (χ4v) is 2.12. The highest BCUT2D eigenvalue weighted by atomic mass is 35.5. The minimum atomic E-state index is -4.36. The lowest BCUT2D eigenvalue weighted by Gasteiger charge is -2.03. The predicted molar refractivity (Wildman–Crippen MR) is 59.4 cm³/mol. The van der Waals surface area contributed by atoms with Crippen LogP contribution >= 0.6 is 23.2 Å². The van der Waals surface area contributed by atoms with E-state index in [4.69, 9.17) is 27.8 Å². The third kappa shape index (κ3) is 1.97. The van der Waals surface area contributed by atoms with Gasteiger partial charge in [-0.3, -0.25) is 4.55 Å². The van der Waals surface area contributed by atoms with Crippen molar-refractivity contribution >= 4 is 44.4 Å². The molecular weight excluding hydrogens is 275 g/mol. The summed E-state index contributed by atoms with van der Waals surface area (Å²) >= 11 is 11.3. The van der Waals surface area contributed by atoms with E-state index in [0.717, 1.165) is 0 Å². The molecule has 0 fully saturated rings. The lowest BCUT2D eigenvalue weighted by molar-refractivity contribution is 0.484. The van der Waals surface area contributed by atoms with Gasteiger partial charge in [0.05, 0.1) is 5.52 Å². The van der Waals surface area contributed by atoms with Crippen molar-refractivity contribution in [1.29, 1.82) is 0 Å². The van der Waals surface area contributed by atoms with Crippen molar-refractivity contribution in [2.45, 2.75) is 4.90 Å². The minimum absolute atomic E-state index is 0.0144. The van der Waals surface area contributed by atoms with Gasteiger partial charge in [0.25, 0.3) is 10.1 Å². The number of benzene rings is 1. The molecule has 0 spiro atoms. The van der Waals surface area contributed by atoms with Gasteiger partial charge in [-0.2, -0.15) is 8.42 Å². The van der Waals surface area contributed by atoms with Crippen molar-refractivity contribution in [2.24, 2.45) is 0 Å². The van der Waals surface area contributed by atoms with Crippen LogP contribution in [-0.2, 0) is 10.1 Å². The summed E-state index contributed by atoms with van der Waals surface area (Å²) in [6.45, 7) is 0. The van der Waals surface area contributed by atoms with Gasteiger partial charge >= 0.3 is 0 Å². The van der Waals surface area contributed by atoms with Crippen LogP contribution < -0.4 is 0 Å². The highest BCUT2D eigenvalue weighted by molar-refractivity contribution is 7.86. The summed E-state index contributed by atoms with van der Waals surface area (Å²) in [5.41, 5.74) is 0.226. The SMILES string of the molecule is O=S(=O)(O)c1cccc2nc(Cl)c(Cl)nc12. The van der Waals surface area contributed by atoms with E-state index in [1.54, 1.807) is 0 Å². The van der Waals surface area contributed by atoms with Crippen LogP contribution in [0.25, 0.3) is 11.0 Å². The quantitative estimate of drug-likeness (QED) is 0.809. The van der Waals surface area contributed by atoms with Gasteiger partial charge in [-0.25, -0.2) is 9.97 Å². The van der Waals surface area contributed by atoms with Gasteiger partial charge in [0.15, 0.2) is 10.3 Å². The fraction of sp³-hybridized carbons (Fsp3) is 0. The maximum Gasteiger partial charge on any atom is 0.296 e. The molecule has 0 unspecified atom stereocenters. The second-order valence-corrected chi connectivity index (χ2v) is 5.01. The molecule has 2 aromatic rings. The number of aromatic nitrogens is 2. The molecule has 0 atom stereocenters. The molecule has 16 heavy (non-hydrogen) atoms. The first-order valence-electron chi connectivity index (χ1n) is 3.99. The van der Waals surface area contributed by atoms with Gasteiger partial charge in [0.1, 0.15) is 10.4 Å². The summed E-state index contributed by atoms with van der Waals surface area (Å²) in [6.07, 6.45) is 0. The largest absolute Gasteiger partial charge is 0.296 e. The third-order valence-corrected chi connectivity index (χ3v) is 3.36. The van der Waals surface area contributed by atoms with Crippen LogP contribution in [0.2, 0.25) is 10.3 Å². The number of nitrogens with zero attached hydrogens (tertiary/aromatic N) is 2. The van der Waals surface area contributed by atoms with Crippen molar-refractivity contribution in [3.05, 3.63) is 28.5 Å². The van der Waals surface area contributed by atoms with E-state index < -0.39 is 10.1 Å². The number of halogens is 2. The lowest BCUT2D eigenvalue weighted by Crippen LogP contribution is -2.01. The zero-order valence-corrected chi connectivity index (χ0v) is 9.88. The molecule has 2 rings (SSSR count). The normalized spacial score (nSPS) is 11.9. The molecule has 0 radical (unpaired) electrons. The number of fused-ring (bicyclic) bond motifs is 1. The van der Waals surface area contributed by atoms with Crippen LogP contribution in [0.1, 0.15) is 0 Å². The topological polar surface area (TPSA) is 80.2 Å². The molecule has 1 aromatic carbocycles. The van der Waals surface area contributed by atoms with Gasteiger partial charge in [-0.05, 0) is 12.1 Å². The maximum absolute atomic E-state index is 11.1. The Hall–Kier alpha value is -0.950. The summed E-state index contributed by atoms with van der Waals surface area (Å²) in [5, 5.41) is -0.146. The Morgan fingerprint density at radius 1 is 1.12 bits per heavy atom. The van der Waals surface area contributed by atoms with E-state index in [1.807, 2.05) is 0 Å². The molecule has 0 saturated carbocycles. The van der Waals surface area contributed by atoms with E-state index >= 15 is 0 Å². The van der Waals surface area contributed by atoms with Crippen molar-refractivity contribution in [2.75, 3.05) is 0 Å². The highest BCUT2D eigenvalue weighted by Crippen LogP contribution is 2.25. The van der Waals surface area contributed by atoms with Crippen molar-refractivity contribution in [3.63, 3.8) is 0 Å². The number of para-hydroxylation sites is 1. The Kier molecular flexibility index (Phi) is 2.75. The zero-order chi connectivity index (χ0) is 11.9. The van der Waals surface area contributed by atoms with Gasteiger partial charge < -0.3 is 0 Å². The molecule has 1 N–H and O–H groups in total. The number of hydrogen-bond acceptors (Lipinski definition) is 4. The maximum atomic E-state index is 11.1. The molecule has 8 heteroatoms. The molecular formula is C8H4Cl2N2O3S. The van der Waals surface area contributed by atoms with Gasteiger partial charge in [0, 0.05) is 0 Å². The second kappa shape index (κ2) is 3.81. The molecule has 0 amide bonds. The van der Waals surface area contributed by atoms with Crippen molar-refractivity contribution < 1.29 is 13.0 Å². The molecule has 1 aromatic heterocycles. The lowest BCUT2D eigenvalue weighted by atomic mass is 10.3. The smallest absolute Gasteiger partial charge is 0.282 e. The summed E-state index contributed by atoms with van der Waals surface area (Å²) in [6, 6.07) is 4.14. The van der Waals surface area contributed by atoms with E-state index in [-0.39, 0.29) is 26.2 Å². The Morgan fingerprint density at radius 3 is 2.38 bits per heavy atom. The van der Waals surface area contributed by atoms with Crippen LogP contribution in [0, 0.1) is 0 Å². The second-order valence-electron chi connectivity index (χ2n) is 2.90. The summed E-state index contributed by atoms with van der Waals surface area (Å²) in [4.78, 5) is 7.27. The third-order valence-electron chi connectivity index (χ3n) is 1.85. The van der Waals surface area contributed by atoms with E-state index in [2.05, 4.69) is 9.97 Å². The minimum Gasteiger partial charge on any atom is -0.282 e. The van der Waals surface area contributed by atoms with Crippen LogP contribution in [-0.4, -0.2) is 22.9 Å². The number of rotatable bonds is 1. The standard InChI is InChI=1S/C8H4Cl2N2O3S/c9-7-8(10)12-6-4(11-7)2-1-3-5(6)16(13,14)15/h1-3H,(H,13,14,15). The van der Waals surface area contributed by atoms with E-state index in [0.29, 0.717) is 0 Å². The Morgan fingerprint density at radius 2 is 1.75 bits per heavy atom. The summed E-state index contributed by atoms with van der Waals surface area (Å²) in [7, 11) is -4.36. The first kappa shape index (κ1) is 11.5. The van der Waals surface area contributed by atoms with Crippen LogP contribution in [0.5, 0.6) is 0 Å². The monoisotopic (exact) mass is 278 g/mol. The van der Waals surface area contributed by atoms with Gasteiger partial charge in [0.2, 0.25) is 0 Å². The van der Waals surface area contributed by atoms with Crippen LogP contribution in [0.3, 0.4) is 0 Å². The average Bonchev–Trinajstić information content (AvgIpc) is 2.17. The Balaban J connectivity index is 2.93. The van der Waals surface area contributed by atoms with Crippen LogP contribution in [0.15, 0.2) is 23.1 Å². The average molecular weight is 279 g/mol. The Bertz CT molecular complexity index is 672. The Labute approximate surface area is 101 Å². The van der Waals surface area contributed by atoms with Gasteiger partial charge in [-0.15, -0.1) is 0 Å². The van der Waals surface area contributed by atoms with Crippen molar-refractivity contribution in [1.82, 2.24) is 9.97 Å². The molecule has 5 nitrogen and oxygen atoms in total. The molecule has 1 heterocycles. The molecule has 0 aliphatic rings. The molecule has 0 bridgehead atoms. The first-order chi connectivity index (χ1) is 7.39. The fourth-order valence-electron chi connectivity index (χ4n) is 1.22. The van der Waals surface area contributed by atoms with Crippen LogP contribution in [0.4, 0.5) is 0 Å². The highest BCUT2D eigenvalue weighted by Gasteiger charge is 2.16. The summed E-state index contributed by atoms with van der Waals surface area (Å²) in [5.74, 6) is 0. The van der Waals surface area contributed by atoms with Gasteiger partial charge in [-0.1, -0.05) is 29.3 Å². The van der Waals surface area contributed by atoms with Crippen molar-refractivity contribution in [3.8, 4) is 0 Å². The molecule has 0 aliphatic heterocycles.